The number of carbonyl (C=O) groups is 1. The maximum atomic E-state index is 11.1. The number of pyridine rings is 1. The zero-order valence-corrected chi connectivity index (χ0v) is 9.64. The number of hydrogen-bond acceptors (Lipinski definition) is 4. The summed E-state index contributed by atoms with van der Waals surface area (Å²) in [5, 5.41) is 4.10. The standard InChI is InChI=1S/C11H13N5O/c1-6-5-16(15-10(6)12)9-4-8(11(13)17)3-7(2)14-9/h3-5H,1-2H3,(H2,12,15)(H2,13,17). The van der Waals surface area contributed by atoms with E-state index < -0.39 is 5.91 Å². The van der Waals surface area contributed by atoms with Crippen LogP contribution in [-0.2, 0) is 0 Å². The van der Waals surface area contributed by atoms with Crippen LogP contribution in [0.15, 0.2) is 18.3 Å². The average molecular weight is 231 g/mol. The molecule has 2 aromatic heterocycles. The third-order valence-electron chi connectivity index (χ3n) is 2.39. The number of rotatable bonds is 2. The lowest BCUT2D eigenvalue weighted by atomic mass is 10.2. The Kier molecular flexibility index (Phi) is 2.55. The molecule has 0 aromatic carbocycles. The first-order valence-electron chi connectivity index (χ1n) is 5.08. The van der Waals surface area contributed by atoms with E-state index in [1.807, 2.05) is 6.92 Å². The van der Waals surface area contributed by atoms with Crippen molar-refractivity contribution in [3.05, 3.63) is 35.2 Å². The van der Waals surface area contributed by atoms with E-state index in [1.165, 1.54) is 4.68 Å². The number of hydrogen-bond donors (Lipinski definition) is 2. The highest BCUT2D eigenvalue weighted by atomic mass is 16.1. The molecule has 0 atom stereocenters. The number of carbonyl (C=O) groups excluding carboxylic acids is 1. The zero-order chi connectivity index (χ0) is 12.6. The summed E-state index contributed by atoms with van der Waals surface area (Å²) in [6.45, 7) is 3.64. The summed E-state index contributed by atoms with van der Waals surface area (Å²) in [6, 6.07) is 3.22. The molecule has 0 aliphatic rings. The highest BCUT2D eigenvalue weighted by Gasteiger charge is 2.08. The van der Waals surface area contributed by atoms with Crippen LogP contribution in [0.1, 0.15) is 21.6 Å². The highest BCUT2D eigenvalue weighted by Crippen LogP contribution is 2.13. The summed E-state index contributed by atoms with van der Waals surface area (Å²) >= 11 is 0. The van der Waals surface area contributed by atoms with Crippen molar-refractivity contribution in [3.63, 3.8) is 0 Å². The van der Waals surface area contributed by atoms with E-state index in [0.29, 0.717) is 22.9 Å². The van der Waals surface area contributed by atoms with Crippen LogP contribution >= 0.6 is 0 Å². The van der Waals surface area contributed by atoms with Gasteiger partial charge in [-0.1, -0.05) is 0 Å². The van der Waals surface area contributed by atoms with Gasteiger partial charge in [0, 0.05) is 23.0 Å². The van der Waals surface area contributed by atoms with Crippen LogP contribution in [0.3, 0.4) is 0 Å². The third kappa shape index (κ3) is 2.10. The monoisotopic (exact) mass is 231 g/mol. The molecule has 6 heteroatoms. The van der Waals surface area contributed by atoms with E-state index in [9.17, 15) is 4.79 Å². The van der Waals surface area contributed by atoms with Crippen LogP contribution in [0.2, 0.25) is 0 Å². The molecule has 4 N–H and O–H groups in total. The van der Waals surface area contributed by atoms with Crippen molar-refractivity contribution in [1.82, 2.24) is 14.8 Å². The average Bonchev–Trinajstić information content (AvgIpc) is 2.58. The summed E-state index contributed by atoms with van der Waals surface area (Å²) < 4.78 is 1.53. The predicted octanol–water partition coefficient (Wildman–Crippen LogP) is 0.565. The van der Waals surface area contributed by atoms with Crippen molar-refractivity contribution < 1.29 is 4.79 Å². The van der Waals surface area contributed by atoms with Gasteiger partial charge in [0.15, 0.2) is 5.82 Å². The van der Waals surface area contributed by atoms with Crippen LogP contribution in [0.4, 0.5) is 5.82 Å². The second-order valence-corrected chi connectivity index (χ2v) is 3.86. The second kappa shape index (κ2) is 3.89. The molecule has 0 aliphatic carbocycles. The van der Waals surface area contributed by atoms with Gasteiger partial charge >= 0.3 is 0 Å². The van der Waals surface area contributed by atoms with Gasteiger partial charge in [-0.15, -0.1) is 5.10 Å². The van der Waals surface area contributed by atoms with Gasteiger partial charge in [-0.3, -0.25) is 4.79 Å². The number of amides is 1. The van der Waals surface area contributed by atoms with E-state index in [2.05, 4.69) is 10.1 Å². The Balaban J connectivity index is 2.55. The molecule has 0 spiro atoms. The first-order chi connectivity index (χ1) is 7.97. The van der Waals surface area contributed by atoms with Crippen LogP contribution in [0, 0.1) is 13.8 Å². The van der Waals surface area contributed by atoms with Crippen molar-refractivity contribution in [2.75, 3.05) is 5.73 Å². The van der Waals surface area contributed by atoms with Crippen molar-refractivity contribution in [3.8, 4) is 5.82 Å². The molecule has 0 radical (unpaired) electrons. The Hall–Kier alpha value is -2.37. The second-order valence-electron chi connectivity index (χ2n) is 3.86. The molecule has 0 saturated carbocycles. The van der Waals surface area contributed by atoms with Gasteiger partial charge in [-0.05, 0) is 26.0 Å². The number of nitrogens with zero attached hydrogens (tertiary/aromatic N) is 3. The first kappa shape index (κ1) is 11.1. The van der Waals surface area contributed by atoms with Crippen molar-refractivity contribution in [2.24, 2.45) is 5.73 Å². The highest BCUT2D eigenvalue weighted by molar-refractivity contribution is 5.93. The molecule has 2 rings (SSSR count). The Morgan fingerprint density at radius 3 is 2.59 bits per heavy atom. The molecule has 0 aliphatic heterocycles. The van der Waals surface area contributed by atoms with Gasteiger partial charge in [0.25, 0.3) is 0 Å². The van der Waals surface area contributed by atoms with Crippen LogP contribution in [-0.4, -0.2) is 20.7 Å². The number of primary amides is 1. The fourth-order valence-corrected chi connectivity index (χ4v) is 1.50. The van der Waals surface area contributed by atoms with Gasteiger partial charge in [0.2, 0.25) is 5.91 Å². The lowest BCUT2D eigenvalue weighted by Gasteiger charge is -2.04. The maximum Gasteiger partial charge on any atom is 0.248 e. The van der Waals surface area contributed by atoms with Crippen molar-refractivity contribution >= 4 is 11.7 Å². The summed E-state index contributed by atoms with van der Waals surface area (Å²) in [6.07, 6.45) is 1.75. The Labute approximate surface area is 98.3 Å². The quantitative estimate of drug-likeness (QED) is 0.788. The molecule has 2 aromatic rings. The molecule has 6 nitrogen and oxygen atoms in total. The van der Waals surface area contributed by atoms with E-state index in [4.69, 9.17) is 11.5 Å². The summed E-state index contributed by atoms with van der Waals surface area (Å²) in [4.78, 5) is 15.4. The molecule has 88 valence electrons. The van der Waals surface area contributed by atoms with Gasteiger partial charge in [-0.2, -0.15) is 0 Å². The number of aromatic nitrogens is 3. The molecule has 0 saturated heterocycles. The molecule has 2 heterocycles. The molecular formula is C11H13N5O. The van der Waals surface area contributed by atoms with Gasteiger partial charge in [0.1, 0.15) is 5.82 Å². The lowest BCUT2D eigenvalue weighted by Crippen LogP contribution is -2.13. The molecular weight excluding hydrogens is 218 g/mol. The molecule has 0 fully saturated rings. The van der Waals surface area contributed by atoms with Gasteiger partial charge in [-0.25, -0.2) is 9.67 Å². The SMILES string of the molecule is Cc1cc(C(N)=O)cc(-n2cc(C)c(N)n2)n1. The van der Waals surface area contributed by atoms with E-state index >= 15 is 0 Å². The maximum absolute atomic E-state index is 11.1. The number of aryl methyl sites for hydroxylation is 2. The predicted molar refractivity (Wildman–Crippen MR) is 63.8 cm³/mol. The van der Waals surface area contributed by atoms with Crippen molar-refractivity contribution in [1.29, 1.82) is 0 Å². The fraction of sp³-hybridized carbons (Fsp3) is 0.182. The van der Waals surface area contributed by atoms with Crippen LogP contribution in [0.5, 0.6) is 0 Å². The summed E-state index contributed by atoms with van der Waals surface area (Å²) in [5.41, 5.74) is 12.9. The summed E-state index contributed by atoms with van der Waals surface area (Å²) in [5.74, 6) is 0.473. The largest absolute Gasteiger partial charge is 0.382 e. The topological polar surface area (TPSA) is 99.8 Å². The van der Waals surface area contributed by atoms with Crippen molar-refractivity contribution in [2.45, 2.75) is 13.8 Å². The van der Waals surface area contributed by atoms with Crippen LogP contribution < -0.4 is 11.5 Å². The lowest BCUT2D eigenvalue weighted by molar-refractivity contribution is 0.1000. The zero-order valence-electron chi connectivity index (χ0n) is 9.64. The van der Waals surface area contributed by atoms with Gasteiger partial charge in [0.05, 0.1) is 0 Å². The number of nitrogen functional groups attached to an aromatic ring is 1. The smallest absolute Gasteiger partial charge is 0.248 e. The minimum atomic E-state index is -0.492. The summed E-state index contributed by atoms with van der Waals surface area (Å²) in [7, 11) is 0. The number of anilines is 1. The normalized spacial score (nSPS) is 10.5. The van der Waals surface area contributed by atoms with E-state index in [1.54, 1.807) is 25.3 Å². The first-order valence-corrected chi connectivity index (χ1v) is 5.08. The molecule has 0 unspecified atom stereocenters. The molecule has 1 amide bonds. The third-order valence-corrected chi connectivity index (χ3v) is 2.39. The Morgan fingerprint density at radius 2 is 2.06 bits per heavy atom. The van der Waals surface area contributed by atoms with Gasteiger partial charge < -0.3 is 11.5 Å². The fourth-order valence-electron chi connectivity index (χ4n) is 1.50. The minimum absolute atomic E-state index is 0.402. The number of nitrogens with two attached hydrogens (primary N) is 2. The molecule has 17 heavy (non-hydrogen) atoms. The van der Waals surface area contributed by atoms with E-state index in [0.717, 1.165) is 5.56 Å². The minimum Gasteiger partial charge on any atom is -0.382 e. The van der Waals surface area contributed by atoms with Crippen LogP contribution in [0.25, 0.3) is 5.82 Å². The Morgan fingerprint density at radius 1 is 1.35 bits per heavy atom. The molecule has 0 bridgehead atoms. The van der Waals surface area contributed by atoms with E-state index in [-0.39, 0.29) is 0 Å². The Bertz CT molecular complexity index is 568.